The van der Waals surface area contributed by atoms with E-state index in [-0.39, 0.29) is 0 Å². The lowest BCUT2D eigenvalue weighted by molar-refractivity contribution is 0.123. The molecule has 0 amide bonds. The van der Waals surface area contributed by atoms with Gasteiger partial charge in [0.05, 0.1) is 5.56 Å². The van der Waals surface area contributed by atoms with Crippen LogP contribution in [0.15, 0.2) is 24.3 Å². The van der Waals surface area contributed by atoms with Crippen LogP contribution in [0.2, 0.25) is 0 Å². The van der Waals surface area contributed by atoms with Gasteiger partial charge < -0.3 is 0 Å². The third-order valence-corrected chi connectivity index (χ3v) is 1.76. The highest BCUT2D eigenvalue weighted by Crippen LogP contribution is 2.36. The van der Waals surface area contributed by atoms with Crippen molar-refractivity contribution < 1.29 is 13.2 Å². The molecule has 0 fully saturated rings. The molecule has 0 aromatic heterocycles. The van der Waals surface area contributed by atoms with Crippen molar-refractivity contribution in [1.29, 1.82) is 0 Å². The third kappa shape index (κ3) is 2.08. The van der Waals surface area contributed by atoms with E-state index in [2.05, 4.69) is 0 Å². The second-order valence-electron chi connectivity index (χ2n) is 1.98. The van der Waals surface area contributed by atoms with Crippen LogP contribution in [0.3, 0.4) is 0 Å². The van der Waals surface area contributed by atoms with E-state index in [4.69, 9.17) is 0 Å². The summed E-state index contributed by atoms with van der Waals surface area (Å²) in [6.07, 6.45) is 0. The van der Waals surface area contributed by atoms with Crippen molar-refractivity contribution >= 4 is 22.6 Å². The molecule has 0 saturated carbocycles. The van der Waals surface area contributed by atoms with Gasteiger partial charge in [-0.05, 0) is 12.1 Å². The van der Waals surface area contributed by atoms with Gasteiger partial charge in [0.1, 0.15) is 5.82 Å². The molecule has 4 heteroatoms. The standard InChI is InChI=1S/C7H4F3I/c8-6-4-2-1-3-5(6)7(9,10)11/h1-4H. The monoisotopic (exact) mass is 272 g/mol. The molecule has 0 unspecified atom stereocenters. The quantitative estimate of drug-likeness (QED) is 0.543. The molecular formula is C7H4F3I. The largest absolute Gasteiger partial charge is 0.324 e. The SMILES string of the molecule is Fc1ccccc1C(F)(F)I. The maximum Gasteiger partial charge on any atom is 0.324 e. The number of hydrogen-bond acceptors (Lipinski definition) is 0. The van der Waals surface area contributed by atoms with Crippen LogP contribution in [0.4, 0.5) is 13.2 Å². The Morgan fingerprint density at radius 3 is 2.09 bits per heavy atom. The summed E-state index contributed by atoms with van der Waals surface area (Å²) in [5.41, 5.74) is -0.569. The lowest BCUT2D eigenvalue weighted by Gasteiger charge is -2.08. The number of hydrogen-bond donors (Lipinski definition) is 0. The van der Waals surface area contributed by atoms with Gasteiger partial charge in [0.25, 0.3) is 0 Å². The Bertz CT molecular complexity index is 254. The van der Waals surface area contributed by atoms with Crippen LogP contribution in [0.1, 0.15) is 5.56 Å². The number of halogens is 4. The molecule has 0 spiro atoms. The van der Waals surface area contributed by atoms with Crippen LogP contribution in [0.5, 0.6) is 0 Å². The third-order valence-electron chi connectivity index (χ3n) is 1.18. The summed E-state index contributed by atoms with van der Waals surface area (Å²) in [6, 6.07) is 4.84. The fourth-order valence-electron chi connectivity index (χ4n) is 0.691. The lowest BCUT2D eigenvalue weighted by Crippen LogP contribution is -2.04. The van der Waals surface area contributed by atoms with Crippen LogP contribution in [-0.4, -0.2) is 0 Å². The number of alkyl halides is 3. The van der Waals surface area contributed by atoms with Gasteiger partial charge >= 0.3 is 3.93 Å². The summed E-state index contributed by atoms with van der Waals surface area (Å²) < 4.78 is 34.4. The van der Waals surface area contributed by atoms with Crippen molar-refractivity contribution in [2.45, 2.75) is 3.93 Å². The molecule has 60 valence electrons. The molecule has 1 rings (SSSR count). The normalized spacial score (nSPS) is 11.6. The van der Waals surface area contributed by atoms with Gasteiger partial charge in [0.2, 0.25) is 0 Å². The van der Waals surface area contributed by atoms with Crippen molar-refractivity contribution in [3.05, 3.63) is 35.6 Å². The van der Waals surface area contributed by atoms with Gasteiger partial charge in [-0.15, -0.1) is 0 Å². The van der Waals surface area contributed by atoms with Crippen LogP contribution < -0.4 is 0 Å². The second-order valence-corrected chi connectivity index (χ2v) is 3.33. The van der Waals surface area contributed by atoms with Crippen molar-refractivity contribution in [2.75, 3.05) is 0 Å². The number of benzene rings is 1. The predicted molar refractivity (Wildman–Crippen MR) is 44.3 cm³/mol. The summed E-state index contributed by atoms with van der Waals surface area (Å²) in [5.74, 6) is -0.869. The Morgan fingerprint density at radius 2 is 1.73 bits per heavy atom. The summed E-state index contributed by atoms with van der Waals surface area (Å²) in [4.78, 5) is 0. The van der Waals surface area contributed by atoms with Crippen LogP contribution >= 0.6 is 22.6 Å². The van der Waals surface area contributed by atoms with E-state index in [1.165, 1.54) is 12.1 Å². The van der Waals surface area contributed by atoms with Crippen molar-refractivity contribution in [3.8, 4) is 0 Å². The maximum atomic E-state index is 12.6. The summed E-state index contributed by atoms with van der Waals surface area (Å²) in [7, 11) is 0. The average molecular weight is 272 g/mol. The van der Waals surface area contributed by atoms with Gasteiger partial charge in [-0.2, -0.15) is 8.78 Å². The van der Waals surface area contributed by atoms with Gasteiger partial charge in [0, 0.05) is 22.6 Å². The number of rotatable bonds is 1. The molecule has 0 atom stereocenters. The Morgan fingerprint density at radius 1 is 1.18 bits per heavy atom. The van der Waals surface area contributed by atoms with Crippen molar-refractivity contribution in [1.82, 2.24) is 0 Å². The minimum atomic E-state index is -3.12. The highest BCUT2D eigenvalue weighted by atomic mass is 127. The smallest absolute Gasteiger partial charge is 0.206 e. The predicted octanol–water partition coefficient (Wildman–Crippen LogP) is 3.31. The lowest BCUT2D eigenvalue weighted by atomic mass is 10.2. The molecule has 0 radical (unpaired) electrons. The second kappa shape index (κ2) is 3.00. The van der Waals surface area contributed by atoms with Gasteiger partial charge in [0.15, 0.2) is 0 Å². The summed E-state index contributed by atoms with van der Waals surface area (Å²) >= 11 is 0.895. The Labute approximate surface area is 75.6 Å². The molecule has 0 aliphatic carbocycles. The highest BCUT2D eigenvalue weighted by Gasteiger charge is 2.29. The van der Waals surface area contributed by atoms with Crippen molar-refractivity contribution in [2.24, 2.45) is 0 Å². The van der Waals surface area contributed by atoms with E-state index in [9.17, 15) is 13.2 Å². The highest BCUT2D eigenvalue weighted by molar-refractivity contribution is 14.1. The van der Waals surface area contributed by atoms with Gasteiger partial charge in [-0.3, -0.25) is 0 Å². The fraction of sp³-hybridized carbons (Fsp3) is 0.143. The molecule has 0 saturated heterocycles. The van der Waals surface area contributed by atoms with Crippen LogP contribution in [0.25, 0.3) is 0 Å². The van der Waals surface area contributed by atoms with Gasteiger partial charge in [-0.25, -0.2) is 4.39 Å². The van der Waals surface area contributed by atoms with Crippen LogP contribution in [-0.2, 0) is 3.93 Å². The van der Waals surface area contributed by atoms with E-state index in [1.807, 2.05) is 0 Å². The molecular weight excluding hydrogens is 268 g/mol. The average Bonchev–Trinajstić information content (AvgIpc) is 1.86. The van der Waals surface area contributed by atoms with Crippen molar-refractivity contribution in [3.63, 3.8) is 0 Å². The van der Waals surface area contributed by atoms with E-state index in [0.29, 0.717) is 0 Å². The zero-order chi connectivity index (χ0) is 8.48. The first-order chi connectivity index (χ1) is 5.02. The first kappa shape index (κ1) is 8.83. The molecule has 0 bridgehead atoms. The first-order valence-electron chi connectivity index (χ1n) is 2.83. The molecule has 11 heavy (non-hydrogen) atoms. The van der Waals surface area contributed by atoms with E-state index >= 15 is 0 Å². The van der Waals surface area contributed by atoms with Crippen LogP contribution in [0, 0.1) is 5.82 Å². The zero-order valence-electron chi connectivity index (χ0n) is 5.32. The Kier molecular flexibility index (Phi) is 2.41. The molecule has 0 aliphatic rings. The Hall–Kier alpha value is -0.260. The Balaban J connectivity index is 3.14. The summed E-state index contributed by atoms with van der Waals surface area (Å²) in [5, 5.41) is 0. The van der Waals surface area contributed by atoms with E-state index in [0.717, 1.165) is 34.7 Å². The minimum absolute atomic E-state index is 0.569. The topological polar surface area (TPSA) is 0 Å². The molecule has 1 aromatic carbocycles. The maximum absolute atomic E-state index is 12.6. The molecule has 0 aliphatic heterocycles. The van der Waals surface area contributed by atoms with E-state index < -0.39 is 15.3 Å². The molecule has 0 nitrogen and oxygen atoms in total. The fourth-order valence-corrected chi connectivity index (χ4v) is 1.13. The molecule has 0 heterocycles. The van der Waals surface area contributed by atoms with E-state index in [1.54, 1.807) is 0 Å². The molecule has 0 N–H and O–H groups in total. The minimum Gasteiger partial charge on any atom is -0.206 e. The first-order valence-corrected chi connectivity index (χ1v) is 3.91. The zero-order valence-corrected chi connectivity index (χ0v) is 7.48. The summed E-state index contributed by atoms with van der Waals surface area (Å²) in [6.45, 7) is 0. The molecule has 1 aromatic rings. The van der Waals surface area contributed by atoms with Gasteiger partial charge in [-0.1, -0.05) is 12.1 Å².